The number of hydrogen-bond donors (Lipinski definition) is 2. The van der Waals surface area contributed by atoms with Gasteiger partial charge in [0.25, 0.3) is 0 Å². The van der Waals surface area contributed by atoms with Gasteiger partial charge in [-0.1, -0.05) is 0 Å². The van der Waals surface area contributed by atoms with E-state index >= 15 is 0 Å². The van der Waals surface area contributed by atoms with Crippen molar-refractivity contribution in [3.05, 3.63) is 88.4 Å². The van der Waals surface area contributed by atoms with Crippen LogP contribution in [0, 0.1) is 6.92 Å². The van der Waals surface area contributed by atoms with Gasteiger partial charge in [-0.05, 0) is 43.3 Å². The predicted octanol–water partition coefficient (Wildman–Crippen LogP) is 3.47. The fraction of sp³-hybridized carbons (Fsp3) is 0.200. The highest BCUT2D eigenvalue weighted by Crippen LogP contribution is 2.39. The third-order valence-electron chi connectivity index (χ3n) is 4.54. The number of aryl methyl sites for hydroxylation is 1. The number of rotatable bonds is 4. The van der Waals surface area contributed by atoms with Crippen molar-refractivity contribution in [2.75, 3.05) is 6.61 Å². The molecule has 0 amide bonds. The molecule has 133 valence electrons. The first-order chi connectivity index (χ1) is 12.6. The summed E-state index contributed by atoms with van der Waals surface area (Å²) in [6.07, 6.45) is 6.67. The maximum absolute atomic E-state index is 12.9. The van der Waals surface area contributed by atoms with E-state index in [-0.39, 0.29) is 18.1 Å². The Morgan fingerprint density at radius 1 is 1.31 bits per heavy atom. The van der Waals surface area contributed by atoms with Crippen LogP contribution in [0.5, 0.6) is 0 Å². The topological polar surface area (TPSA) is 89.9 Å². The maximum atomic E-state index is 12.9. The molecule has 6 heteroatoms. The molecule has 1 unspecified atom stereocenters. The van der Waals surface area contributed by atoms with E-state index in [1.54, 1.807) is 29.2 Å². The number of aliphatic hydroxyl groups is 2. The molecule has 1 atom stereocenters. The first-order valence-corrected chi connectivity index (χ1v) is 8.30. The molecule has 0 fully saturated rings. The molecule has 0 saturated heterocycles. The normalized spacial score (nSPS) is 21.2. The van der Waals surface area contributed by atoms with Crippen LogP contribution in [-0.4, -0.2) is 27.8 Å². The van der Waals surface area contributed by atoms with E-state index in [0.29, 0.717) is 34.8 Å². The fourth-order valence-electron chi connectivity index (χ4n) is 3.27. The van der Waals surface area contributed by atoms with Crippen LogP contribution < -0.4 is 0 Å². The quantitative estimate of drug-likeness (QED) is 0.879. The number of furan rings is 2. The summed E-state index contributed by atoms with van der Waals surface area (Å²) in [7, 11) is 0. The Bertz CT molecular complexity index is 943. The minimum atomic E-state index is -0.562. The molecule has 2 aromatic heterocycles. The third-order valence-corrected chi connectivity index (χ3v) is 4.54. The molecule has 26 heavy (non-hydrogen) atoms. The van der Waals surface area contributed by atoms with E-state index < -0.39 is 6.04 Å². The molecule has 2 aliphatic heterocycles. The molecule has 2 aliphatic rings. The van der Waals surface area contributed by atoms with E-state index in [1.807, 2.05) is 19.1 Å². The summed E-state index contributed by atoms with van der Waals surface area (Å²) in [5.74, 6) is 1.88. The van der Waals surface area contributed by atoms with Crippen molar-refractivity contribution in [3.63, 3.8) is 0 Å². The maximum Gasteiger partial charge on any atom is 0.207 e. The van der Waals surface area contributed by atoms with Crippen LogP contribution in [0.25, 0.3) is 6.08 Å². The molecule has 2 aromatic rings. The van der Waals surface area contributed by atoms with Crippen molar-refractivity contribution in [3.8, 4) is 0 Å². The van der Waals surface area contributed by atoms with Gasteiger partial charge in [0.2, 0.25) is 5.76 Å². The SMILES string of the molecule is Cc1ccc(CC2=CC3=C([O])/C(=C\c4ccco4)C(CO)N3C=C2O)o1. The molecule has 4 rings (SSSR count). The molecule has 0 saturated carbocycles. The Morgan fingerprint density at radius 3 is 2.81 bits per heavy atom. The van der Waals surface area contributed by atoms with Crippen LogP contribution in [0.15, 0.2) is 80.0 Å². The number of nitrogens with zero attached hydrogens (tertiary/aromatic N) is 1. The lowest BCUT2D eigenvalue weighted by Gasteiger charge is -2.27. The van der Waals surface area contributed by atoms with Crippen LogP contribution in [0.2, 0.25) is 0 Å². The Balaban J connectivity index is 1.72. The highest BCUT2D eigenvalue weighted by Gasteiger charge is 2.38. The number of fused-ring (bicyclic) bond motifs is 1. The number of hydrogen-bond acceptors (Lipinski definition) is 5. The molecule has 0 spiro atoms. The highest BCUT2D eigenvalue weighted by molar-refractivity contribution is 5.62. The molecule has 6 nitrogen and oxygen atoms in total. The first kappa shape index (κ1) is 16.4. The summed E-state index contributed by atoms with van der Waals surface area (Å²) in [4.78, 5) is 1.60. The van der Waals surface area contributed by atoms with Crippen LogP contribution in [0.3, 0.4) is 0 Å². The van der Waals surface area contributed by atoms with Gasteiger partial charge in [0.1, 0.15) is 23.0 Å². The van der Waals surface area contributed by atoms with Gasteiger partial charge in [-0.15, -0.1) is 0 Å². The monoisotopic (exact) mass is 352 g/mol. The van der Waals surface area contributed by atoms with Gasteiger partial charge in [-0.25, -0.2) is 0 Å². The summed E-state index contributed by atoms with van der Waals surface area (Å²) in [5.41, 5.74) is 1.43. The Morgan fingerprint density at radius 2 is 2.15 bits per heavy atom. The second kappa shape index (κ2) is 6.31. The summed E-state index contributed by atoms with van der Waals surface area (Å²) >= 11 is 0. The fourth-order valence-corrected chi connectivity index (χ4v) is 3.27. The average Bonchev–Trinajstić information content (AvgIpc) is 3.32. The summed E-state index contributed by atoms with van der Waals surface area (Å²) in [6.45, 7) is 1.59. The van der Waals surface area contributed by atoms with Crippen LogP contribution in [-0.2, 0) is 11.5 Å². The zero-order valence-electron chi connectivity index (χ0n) is 14.2. The highest BCUT2D eigenvalue weighted by atomic mass is 16.3. The van der Waals surface area contributed by atoms with Gasteiger partial charge >= 0.3 is 0 Å². The van der Waals surface area contributed by atoms with E-state index in [4.69, 9.17) is 8.83 Å². The van der Waals surface area contributed by atoms with Crippen molar-refractivity contribution < 1.29 is 24.2 Å². The van der Waals surface area contributed by atoms with Gasteiger partial charge < -0.3 is 23.9 Å². The van der Waals surface area contributed by atoms with Gasteiger partial charge in [0.05, 0.1) is 24.6 Å². The van der Waals surface area contributed by atoms with Crippen LogP contribution in [0.4, 0.5) is 0 Å². The summed E-state index contributed by atoms with van der Waals surface area (Å²) in [6, 6.07) is 6.61. The van der Waals surface area contributed by atoms with Crippen LogP contribution in [0.1, 0.15) is 17.3 Å². The van der Waals surface area contributed by atoms with E-state index in [2.05, 4.69) is 0 Å². The van der Waals surface area contributed by atoms with Crippen molar-refractivity contribution >= 4 is 6.08 Å². The lowest BCUT2D eigenvalue weighted by atomic mass is 10.0. The standard InChI is InChI=1S/C20H18NO5/c1-12-4-5-15(26-12)7-13-8-17-20(24)16(9-14-3-2-6-25-14)18(11-22)21(17)10-19(13)23/h2-6,8-10,18,22-23H,7,11H2,1H3/b16-9-. The van der Waals surface area contributed by atoms with Crippen molar-refractivity contribution in [2.24, 2.45) is 0 Å². The second-order valence-electron chi connectivity index (χ2n) is 6.31. The van der Waals surface area contributed by atoms with Crippen molar-refractivity contribution in [2.45, 2.75) is 19.4 Å². The van der Waals surface area contributed by atoms with Crippen molar-refractivity contribution in [1.29, 1.82) is 0 Å². The Labute approximate surface area is 150 Å². The number of aliphatic hydroxyl groups excluding tert-OH is 2. The minimum absolute atomic E-state index is 0.0494. The average molecular weight is 352 g/mol. The predicted molar refractivity (Wildman–Crippen MR) is 93.1 cm³/mol. The molecule has 0 aliphatic carbocycles. The molecule has 2 N–H and O–H groups in total. The third kappa shape index (κ3) is 2.74. The van der Waals surface area contributed by atoms with Crippen molar-refractivity contribution in [1.82, 2.24) is 4.90 Å². The Hall–Kier alpha value is -3.12. The van der Waals surface area contributed by atoms with Crippen LogP contribution >= 0.6 is 0 Å². The molecule has 0 bridgehead atoms. The van der Waals surface area contributed by atoms with Gasteiger partial charge in [-0.3, -0.25) is 5.11 Å². The molecular formula is C20H18NO5. The lowest BCUT2D eigenvalue weighted by molar-refractivity contribution is 0.216. The largest absolute Gasteiger partial charge is 0.506 e. The first-order valence-electron chi connectivity index (χ1n) is 8.30. The zero-order chi connectivity index (χ0) is 18.3. The smallest absolute Gasteiger partial charge is 0.207 e. The summed E-state index contributed by atoms with van der Waals surface area (Å²) < 4.78 is 10.8. The number of allylic oxidation sites excluding steroid dienone is 2. The molecule has 1 radical (unpaired) electrons. The zero-order valence-corrected chi connectivity index (χ0v) is 14.2. The van der Waals surface area contributed by atoms with E-state index in [0.717, 1.165) is 5.76 Å². The lowest BCUT2D eigenvalue weighted by Crippen LogP contribution is -2.31. The van der Waals surface area contributed by atoms with Gasteiger partial charge in [-0.2, -0.15) is 0 Å². The molecular weight excluding hydrogens is 334 g/mol. The van der Waals surface area contributed by atoms with Gasteiger partial charge in [0.15, 0.2) is 0 Å². The molecule has 0 aromatic carbocycles. The summed E-state index contributed by atoms with van der Waals surface area (Å²) in [5, 5.41) is 33.0. The second-order valence-corrected chi connectivity index (χ2v) is 6.31. The minimum Gasteiger partial charge on any atom is -0.506 e. The van der Waals surface area contributed by atoms with E-state index in [9.17, 15) is 15.3 Å². The Kier molecular flexibility index (Phi) is 3.97. The van der Waals surface area contributed by atoms with Gasteiger partial charge in [0, 0.05) is 23.8 Å². The molecule has 4 heterocycles. The van der Waals surface area contributed by atoms with E-state index in [1.165, 1.54) is 12.5 Å².